The van der Waals surface area contributed by atoms with Crippen molar-refractivity contribution in [3.8, 4) is 11.4 Å². The summed E-state index contributed by atoms with van der Waals surface area (Å²) in [6.07, 6.45) is 3.56. The fraction of sp³-hybridized carbons (Fsp3) is 0.133. The summed E-state index contributed by atoms with van der Waals surface area (Å²) in [5.74, 6) is 0.524. The molecule has 0 fully saturated rings. The summed E-state index contributed by atoms with van der Waals surface area (Å²) in [7, 11) is 3.54. The third-order valence-corrected chi connectivity index (χ3v) is 4.18. The Morgan fingerprint density at radius 1 is 1.18 bits per heavy atom. The second-order valence-electron chi connectivity index (χ2n) is 5.20. The molecule has 0 saturated carbocycles. The van der Waals surface area contributed by atoms with Crippen molar-refractivity contribution in [2.45, 2.75) is 0 Å². The Bertz CT molecular complexity index is 1090. The first-order chi connectivity index (χ1) is 10.6. The highest BCUT2D eigenvalue weighted by molar-refractivity contribution is 6.38. The Kier molecular flexibility index (Phi) is 2.65. The van der Waals surface area contributed by atoms with Gasteiger partial charge in [0.15, 0.2) is 0 Å². The Morgan fingerprint density at radius 2 is 2.00 bits per heavy atom. The Labute approximate surface area is 130 Å². The van der Waals surface area contributed by atoms with Crippen LogP contribution in [-0.4, -0.2) is 24.3 Å². The van der Waals surface area contributed by atoms with Crippen LogP contribution in [0.3, 0.4) is 0 Å². The molecule has 0 aliphatic heterocycles. The SMILES string of the molecule is Cn1cc2c(Cl)c(-c3nc4[nH]ccc4c(=O)n3C)ccc2n1. The summed E-state index contributed by atoms with van der Waals surface area (Å²) < 4.78 is 3.22. The van der Waals surface area contributed by atoms with Crippen molar-refractivity contribution in [1.29, 1.82) is 0 Å². The molecular weight excluding hydrogens is 302 g/mol. The highest BCUT2D eigenvalue weighted by Crippen LogP contribution is 2.32. The van der Waals surface area contributed by atoms with Gasteiger partial charge in [0.25, 0.3) is 5.56 Å². The lowest BCUT2D eigenvalue weighted by Crippen LogP contribution is -2.19. The van der Waals surface area contributed by atoms with Gasteiger partial charge in [0.1, 0.15) is 11.5 Å². The van der Waals surface area contributed by atoms with Crippen LogP contribution in [0.15, 0.2) is 35.4 Å². The molecule has 0 amide bonds. The van der Waals surface area contributed by atoms with Crippen molar-refractivity contribution in [1.82, 2.24) is 24.3 Å². The van der Waals surface area contributed by atoms with E-state index in [0.717, 1.165) is 10.9 Å². The van der Waals surface area contributed by atoms with Gasteiger partial charge >= 0.3 is 0 Å². The fourth-order valence-corrected chi connectivity index (χ4v) is 2.97. The summed E-state index contributed by atoms with van der Waals surface area (Å²) in [6, 6.07) is 5.44. The molecule has 4 aromatic rings. The normalized spacial score (nSPS) is 11.6. The van der Waals surface area contributed by atoms with E-state index in [4.69, 9.17) is 11.6 Å². The molecule has 0 saturated heterocycles. The minimum absolute atomic E-state index is 0.108. The van der Waals surface area contributed by atoms with Crippen molar-refractivity contribution in [3.63, 3.8) is 0 Å². The molecule has 0 spiro atoms. The molecule has 0 unspecified atom stereocenters. The zero-order valence-electron chi connectivity index (χ0n) is 12.0. The van der Waals surface area contributed by atoms with Crippen LogP contribution in [0.2, 0.25) is 5.02 Å². The predicted molar refractivity (Wildman–Crippen MR) is 86.1 cm³/mol. The minimum atomic E-state index is -0.108. The van der Waals surface area contributed by atoms with Gasteiger partial charge in [0, 0.05) is 37.4 Å². The molecule has 7 heteroatoms. The second-order valence-corrected chi connectivity index (χ2v) is 5.58. The van der Waals surface area contributed by atoms with Crippen LogP contribution in [0.4, 0.5) is 0 Å². The van der Waals surface area contributed by atoms with E-state index in [1.165, 1.54) is 4.57 Å². The fourth-order valence-electron chi connectivity index (χ4n) is 2.68. The largest absolute Gasteiger partial charge is 0.346 e. The van der Waals surface area contributed by atoms with Crippen LogP contribution in [0, 0.1) is 0 Å². The molecule has 0 atom stereocenters. The number of rotatable bonds is 1. The van der Waals surface area contributed by atoms with E-state index in [0.29, 0.717) is 27.4 Å². The number of hydrogen-bond donors (Lipinski definition) is 1. The van der Waals surface area contributed by atoms with Gasteiger partial charge in [0.05, 0.1) is 15.9 Å². The number of fused-ring (bicyclic) bond motifs is 2. The molecule has 1 N–H and O–H groups in total. The van der Waals surface area contributed by atoms with Crippen LogP contribution in [-0.2, 0) is 14.1 Å². The summed E-state index contributed by atoms with van der Waals surface area (Å²) in [5.41, 5.74) is 1.96. The molecule has 4 rings (SSSR count). The quantitative estimate of drug-likeness (QED) is 0.587. The molecule has 0 aliphatic rings. The Hall–Kier alpha value is -2.60. The number of benzene rings is 1. The first-order valence-corrected chi connectivity index (χ1v) is 7.10. The van der Waals surface area contributed by atoms with Crippen LogP contribution in [0.5, 0.6) is 0 Å². The monoisotopic (exact) mass is 313 g/mol. The topological polar surface area (TPSA) is 68.5 Å². The number of aryl methyl sites for hydroxylation is 1. The maximum Gasteiger partial charge on any atom is 0.263 e. The van der Waals surface area contributed by atoms with Gasteiger partial charge in [-0.05, 0) is 18.2 Å². The van der Waals surface area contributed by atoms with Gasteiger partial charge in [-0.15, -0.1) is 0 Å². The zero-order valence-corrected chi connectivity index (χ0v) is 12.7. The van der Waals surface area contributed by atoms with Gasteiger partial charge in [0.2, 0.25) is 0 Å². The molecule has 3 heterocycles. The Balaban J connectivity index is 2.08. The molecule has 22 heavy (non-hydrogen) atoms. The highest BCUT2D eigenvalue weighted by atomic mass is 35.5. The molecule has 0 aliphatic carbocycles. The van der Waals surface area contributed by atoms with E-state index in [1.54, 1.807) is 24.0 Å². The van der Waals surface area contributed by atoms with Crippen molar-refractivity contribution >= 4 is 33.5 Å². The molecule has 0 radical (unpaired) electrons. The lowest BCUT2D eigenvalue weighted by molar-refractivity contribution is 0.780. The number of aromatic nitrogens is 5. The van der Waals surface area contributed by atoms with Crippen molar-refractivity contribution in [2.24, 2.45) is 14.1 Å². The second kappa shape index (κ2) is 4.45. The summed E-state index contributed by atoms with van der Waals surface area (Å²) in [4.78, 5) is 19.9. The van der Waals surface area contributed by atoms with Crippen molar-refractivity contribution in [3.05, 3.63) is 46.0 Å². The molecule has 110 valence electrons. The number of H-pyrrole nitrogens is 1. The molecule has 1 aromatic carbocycles. The maximum atomic E-state index is 12.4. The van der Waals surface area contributed by atoms with Gasteiger partial charge in [-0.25, -0.2) is 4.98 Å². The molecule has 0 bridgehead atoms. The smallest absolute Gasteiger partial charge is 0.263 e. The van der Waals surface area contributed by atoms with Gasteiger partial charge in [-0.1, -0.05) is 11.6 Å². The highest BCUT2D eigenvalue weighted by Gasteiger charge is 2.16. The number of aromatic amines is 1. The summed E-state index contributed by atoms with van der Waals surface area (Å²) in [5, 5.41) is 6.26. The van der Waals surface area contributed by atoms with Crippen molar-refractivity contribution in [2.75, 3.05) is 0 Å². The summed E-state index contributed by atoms with van der Waals surface area (Å²) >= 11 is 6.52. The first-order valence-electron chi connectivity index (χ1n) is 6.72. The lowest BCUT2D eigenvalue weighted by atomic mass is 10.1. The number of hydrogen-bond acceptors (Lipinski definition) is 3. The van der Waals surface area contributed by atoms with E-state index in [2.05, 4.69) is 15.1 Å². The first kappa shape index (κ1) is 13.1. The van der Waals surface area contributed by atoms with Crippen molar-refractivity contribution < 1.29 is 0 Å². The minimum Gasteiger partial charge on any atom is -0.346 e. The van der Waals surface area contributed by atoms with E-state index >= 15 is 0 Å². The predicted octanol–water partition coefficient (Wildman–Crippen LogP) is 2.47. The number of halogens is 1. The third-order valence-electron chi connectivity index (χ3n) is 3.77. The van der Waals surface area contributed by atoms with Gasteiger partial charge in [-0.2, -0.15) is 5.10 Å². The van der Waals surface area contributed by atoms with Crippen LogP contribution in [0.1, 0.15) is 0 Å². The Morgan fingerprint density at radius 3 is 2.82 bits per heavy atom. The standard InChI is InChI=1S/C15H12ClN5O/c1-20-7-10-11(19-20)4-3-8(12(10)16)14-18-13-9(5-6-17-13)15(22)21(14)2/h3-7,17H,1-2H3. The van der Waals surface area contributed by atoms with Crippen LogP contribution < -0.4 is 5.56 Å². The molecule has 6 nitrogen and oxygen atoms in total. The molecular formula is C15H12ClN5O. The van der Waals surface area contributed by atoms with Gasteiger partial charge in [-0.3, -0.25) is 14.0 Å². The summed E-state index contributed by atoms with van der Waals surface area (Å²) in [6.45, 7) is 0. The maximum absolute atomic E-state index is 12.4. The van der Waals surface area contributed by atoms with E-state index in [1.807, 2.05) is 25.4 Å². The van der Waals surface area contributed by atoms with E-state index in [9.17, 15) is 4.79 Å². The number of nitrogens with one attached hydrogen (secondary N) is 1. The van der Waals surface area contributed by atoms with Crippen LogP contribution >= 0.6 is 11.6 Å². The zero-order chi connectivity index (χ0) is 15.4. The number of nitrogens with zero attached hydrogens (tertiary/aromatic N) is 4. The van der Waals surface area contributed by atoms with E-state index < -0.39 is 0 Å². The average molecular weight is 314 g/mol. The van der Waals surface area contributed by atoms with Crippen LogP contribution in [0.25, 0.3) is 33.3 Å². The van der Waals surface area contributed by atoms with E-state index in [-0.39, 0.29) is 5.56 Å². The third kappa shape index (κ3) is 1.70. The average Bonchev–Trinajstić information content (AvgIpc) is 3.10. The lowest BCUT2D eigenvalue weighted by Gasteiger charge is -2.09. The van der Waals surface area contributed by atoms with Gasteiger partial charge < -0.3 is 4.98 Å². The molecule has 3 aromatic heterocycles.